The molecule has 54 valence electrons. The highest BCUT2D eigenvalue weighted by Gasteiger charge is 1.94. The summed E-state index contributed by atoms with van der Waals surface area (Å²) in [6, 6.07) is 8.08. The lowest BCUT2D eigenvalue weighted by Gasteiger charge is -2.02. The Bertz CT molecular complexity index is 187. The zero-order chi connectivity index (χ0) is 7.40. The Labute approximate surface area is 66.7 Å². The second kappa shape index (κ2) is 3.64. The summed E-state index contributed by atoms with van der Waals surface area (Å²) in [6.45, 7) is 0.608. The molecular weight excluding hydrogens is 142 g/mol. The van der Waals surface area contributed by atoms with Crippen LogP contribution in [-0.2, 0) is 12.3 Å². The first-order valence-electron chi connectivity index (χ1n) is 3.26. The fraction of sp³-hybridized carbons (Fsp3) is 0.250. The summed E-state index contributed by atoms with van der Waals surface area (Å²) in [5.74, 6) is 0.771. The molecule has 0 heterocycles. The lowest BCUT2D eigenvalue weighted by Crippen LogP contribution is -1.99. The summed E-state index contributed by atoms with van der Waals surface area (Å²) >= 11 is 4.18. The van der Waals surface area contributed by atoms with Crippen LogP contribution in [0.5, 0.6) is 0 Å². The number of nitrogens with two attached hydrogens (primary N) is 1. The molecular formula is C8H11NS. The van der Waals surface area contributed by atoms with Crippen molar-refractivity contribution in [3.05, 3.63) is 35.4 Å². The number of hydrogen-bond donors (Lipinski definition) is 2. The van der Waals surface area contributed by atoms with E-state index >= 15 is 0 Å². The van der Waals surface area contributed by atoms with Crippen molar-refractivity contribution in [2.45, 2.75) is 12.3 Å². The van der Waals surface area contributed by atoms with E-state index in [0.29, 0.717) is 6.54 Å². The first kappa shape index (κ1) is 7.63. The first-order chi connectivity index (χ1) is 4.88. The van der Waals surface area contributed by atoms with Gasteiger partial charge in [0, 0.05) is 12.3 Å². The number of thiol groups is 1. The van der Waals surface area contributed by atoms with Crippen LogP contribution in [0.3, 0.4) is 0 Å². The van der Waals surface area contributed by atoms with Crippen LogP contribution in [-0.4, -0.2) is 0 Å². The van der Waals surface area contributed by atoms with Crippen molar-refractivity contribution in [3.63, 3.8) is 0 Å². The van der Waals surface area contributed by atoms with Crippen LogP contribution in [0.4, 0.5) is 0 Å². The van der Waals surface area contributed by atoms with Gasteiger partial charge < -0.3 is 5.73 Å². The van der Waals surface area contributed by atoms with Gasteiger partial charge in [-0.15, -0.1) is 0 Å². The molecule has 0 aliphatic heterocycles. The van der Waals surface area contributed by atoms with Crippen molar-refractivity contribution in [1.29, 1.82) is 0 Å². The average molecular weight is 153 g/mol. The minimum absolute atomic E-state index is 0.608. The van der Waals surface area contributed by atoms with Gasteiger partial charge >= 0.3 is 0 Å². The fourth-order valence-corrected chi connectivity index (χ4v) is 1.22. The minimum atomic E-state index is 0.608. The van der Waals surface area contributed by atoms with E-state index in [1.165, 1.54) is 11.1 Å². The molecule has 1 aromatic carbocycles. The molecule has 0 aromatic heterocycles. The predicted octanol–water partition coefficient (Wildman–Crippen LogP) is 1.58. The minimum Gasteiger partial charge on any atom is -0.326 e. The summed E-state index contributed by atoms with van der Waals surface area (Å²) in [5.41, 5.74) is 7.91. The molecule has 2 N–H and O–H groups in total. The molecule has 0 bridgehead atoms. The highest BCUT2D eigenvalue weighted by atomic mass is 32.1. The highest BCUT2D eigenvalue weighted by molar-refractivity contribution is 7.79. The smallest absolute Gasteiger partial charge is 0.0181 e. The molecule has 1 rings (SSSR count). The van der Waals surface area contributed by atoms with E-state index in [9.17, 15) is 0 Å². The topological polar surface area (TPSA) is 26.0 Å². The molecule has 0 saturated carbocycles. The quantitative estimate of drug-likeness (QED) is 0.620. The summed E-state index contributed by atoms with van der Waals surface area (Å²) in [6.07, 6.45) is 0. The molecule has 0 fully saturated rings. The van der Waals surface area contributed by atoms with Gasteiger partial charge in [-0.25, -0.2) is 0 Å². The van der Waals surface area contributed by atoms with Crippen molar-refractivity contribution >= 4 is 12.6 Å². The maximum absolute atomic E-state index is 5.49. The lowest BCUT2D eigenvalue weighted by atomic mass is 10.1. The molecule has 0 spiro atoms. The average Bonchev–Trinajstić information content (AvgIpc) is 2.04. The van der Waals surface area contributed by atoms with Gasteiger partial charge in [0.15, 0.2) is 0 Å². The van der Waals surface area contributed by atoms with Gasteiger partial charge in [0.2, 0.25) is 0 Å². The molecule has 10 heavy (non-hydrogen) atoms. The Hall–Kier alpha value is -0.470. The summed E-state index contributed by atoms with van der Waals surface area (Å²) in [5, 5.41) is 0. The van der Waals surface area contributed by atoms with Gasteiger partial charge in [-0.1, -0.05) is 24.3 Å². The third-order valence-electron chi connectivity index (χ3n) is 1.51. The summed E-state index contributed by atoms with van der Waals surface area (Å²) < 4.78 is 0. The van der Waals surface area contributed by atoms with E-state index in [1.54, 1.807) is 0 Å². The molecule has 1 nitrogen and oxygen atoms in total. The van der Waals surface area contributed by atoms with Gasteiger partial charge in [0.25, 0.3) is 0 Å². The monoisotopic (exact) mass is 153 g/mol. The van der Waals surface area contributed by atoms with Crippen LogP contribution in [0.1, 0.15) is 11.1 Å². The molecule has 0 atom stereocenters. The third kappa shape index (κ3) is 1.52. The Balaban J connectivity index is 2.96. The maximum atomic E-state index is 5.49. The predicted molar refractivity (Wildman–Crippen MR) is 47.0 cm³/mol. The standard InChI is InChI=1S/C8H11NS/c9-5-7-3-1-2-4-8(7)6-10/h1-4,10H,5-6,9H2. The molecule has 1 aromatic rings. The molecule has 0 aliphatic rings. The Morgan fingerprint density at radius 2 is 1.80 bits per heavy atom. The van der Waals surface area contributed by atoms with Gasteiger partial charge in [-0.05, 0) is 11.1 Å². The van der Waals surface area contributed by atoms with Gasteiger partial charge in [0.1, 0.15) is 0 Å². The second-order valence-electron chi connectivity index (χ2n) is 2.13. The van der Waals surface area contributed by atoms with E-state index in [0.717, 1.165) is 5.75 Å². The Morgan fingerprint density at radius 1 is 1.20 bits per heavy atom. The number of hydrogen-bond acceptors (Lipinski definition) is 2. The van der Waals surface area contributed by atoms with Crippen molar-refractivity contribution in [2.24, 2.45) is 5.73 Å². The largest absolute Gasteiger partial charge is 0.326 e. The normalized spacial score (nSPS) is 9.80. The second-order valence-corrected chi connectivity index (χ2v) is 2.45. The number of rotatable bonds is 2. The van der Waals surface area contributed by atoms with Crippen molar-refractivity contribution in [3.8, 4) is 0 Å². The number of benzene rings is 1. The van der Waals surface area contributed by atoms with Crippen LogP contribution in [0, 0.1) is 0 Å². The molecule has 0 unspecified atom stereocenters. The van der Waals surface area contributed by atoms with E-state index in [2.05, 4.69) is 18.7 Å². The Morgan fingerprint density at radius 3 is 2.20 bits per heavy atom. The van der Waals surface area contributed by atoms with Gasteiger partial charge in [-0.3, -0.25) is 0 Å². The van der Waals surface area contributed by atoms with Gasteiger partial charge in [-0.2, -0.15) is 12.6 Å². The zero-order valence-electron chi connectivity index (χ0n) is 5.75. The third-order valence-corrected chi connectivity index (χ3v) is 1.85. The van der Waals surface area contributed by atoms with E-state index in [1.807, 2.05) is 18.2 Å². The summed E-state index contributed by atoms with van der Waals surface area (Å²) in [7, 11) is 0. The van der Waals surface area contributed by atoms with Crippen molar-refractivity contribution < 1.29 is 0 Å². The van der Waals surface area contributed by atoms with Crippen LogP contribution < -0.4 is 5.73 Å². The van der Waals surface area contributed by atoms with Crippen LogP contribution in [0.25, 0.3) is 0 Å². The van der Waals surface area contributed by atoms with Crippen molar-refractivity contribution in [1.82, 2.24) is 0 Å². The molecule has 0 saturated heterocycles. The molecule has 2 heteroatoms. The van der Waals surface area contributed by atoms with Crippen LogP contribution >= 0.6 is 12.6 Å². The van der Waals surface area contributed by atoms with E-state index in [4.69, 9.17) is 5.73 Å². The Kier molecular flexibility index (Phi) is 2.78. The maximum Gasteiger partial charge on any atom is 0.0181 e. The SMILES string of the molecule is NCc1ccccc1CS. The lowest BCUT2D eigenvalue weighted by molar-refractivity contribution is 1.05. The zero-order valence-corrected chi connectivity index (χ0v) is 6.64. The first-order valence-corrected chi connectivity index (χ1v) is 3.89. The molecule has 0 amide bonds. The van der Waals surface area contributed by atoms with E-state index < -0.39 is 0 Å². The van der Waals surface area contributed by atoms with Crippen LogP contribution in [0.15, 0.2) is 24.3 Å². The molecule has 0 radical (unpaired) electrons. The molecule has 0 aliphatic carbocycles. The van der Waals surface area contributed by atoms with Crippen molar-refractivity contribution in [2.75, 3.05) is 0 Å². The van der Waals surface area contributed by atoms with Gasteiger partial charge in [0.05, 0.1) is 0 Å². The summed E-state index contributed by atoms with van der Waals surface area (Å²) in [4.78, 5) is 0. The van der Waals surface area contributed by atoms with E-state index in [-0.39, 0.29) is 0 Å². The fourth-order valence-electron chi connectivity index (χ4n) is 0.911. The highest BCUT2D eigenvalue weighted by Crippen LogP contribution is 2.09. The van der Waals surface area contributed by atoms with Crippen LogP contribution in [0.2, 0.25) is 0 Å².